The Kier molecular flexibility index (Phi) is 5.47. The fourth-order valence-corrected chi connectivity index (χ4v) is 2.89. The highest BCUT2D eigenvalue weighted by Crippen LogP contribution is 2.14. The zero-order valence-electron chi connectivity index (χ0n) is 14.0. The molecule has 1 aromatic heterocycles. The molecular formula is C21H15NO3S. The maximum atomic E-state index is 12.1. The van der Waals surface area contributed by atoms with Gasteiger partial charge in [-0.25, -0.2) is 4.79 Å². The van der Waals surface area contributed by atoms with E-state index in [1.54, 1.807) is 35.7 Å². The number of amides is 1. The summed E-state index contributed by atoms with van der Waals surface area (Å²) >= 11 is 1.48. The molecule has 128 valence electrons. The summed E-state index contributed by atoms with van der Waals surface area (Å²) in [6.07, 6.45) is 0. The molecule has 0 atom stereocenters. The lowest BCUT2D eigenvalue weighted by atomic mass is 10.1. The third-order valence-electron chi connectivity index (χ3n) is 3.54. The molecule has 0 unspecified atom stereocenters. The molecule has 2 aromatic carbocycles. The molecular weight excluding hydrogens is 346 g/mol. The molecule has 1 amide bonds. The van der Waals surface area contributed by atoms with Gasteiger partial charge in [-0.3, -0.25) is 4.79 Å². The second kappa shape index (κ2) is 8.15. The number of hydrogen-bond donors (Lipinski definition) is 1. The van der Waals surface area contributed by atoms with Gasteiger partial charge in [0.05, 0.1) is 18.2 Å². The van der Waals surface area contributed by atoms with Crippen molar-refractivity contribution in [2.24, 2.45) is 0 Å². The number of benzene rings is 2. The van der Waals surface area contributed by atoms with Crippen molar-refractivity contribution in [3.05, 3.63) is 87.6 Å². The normalized spacial score (nSPS) is 9.73. The molecule has 3 aromatic rings. The zero-order chi connectivity index (χ0) is 18.4. The van der Waals surface area contributed by atoms with Crippen LogP contribution in [0.15, 0.2) is 65.4 Å². The van der Waals surface area contributed by atoms with E-state index in [-0.39, 0.29) is 5.91 Å². The smallest absolute Gasteiger partial charge is 0.337 e. The zero-order valence-corrected chi connectivity index (χ0v) is 14.8. The Morgan fingerprint density at radius 3 is 2.38 bits per heavy atom. The predicted octanol–water partition coefficient (Wildman–Crippen LogP) is 4.19. The SMILES string of the molecule is COC(=O)c1cccc(C#Cc2cccc(NC(=O)c3ccsc3)c2)c1. The molecule has 5 heteroatoms. The molecule has 0 radical (unpaired) electrons. The van der Waals surface area contributed by atoms with E-state index in [2.05, 4.69) is 17.2 Å². The van der Waals surface area contributed by atoms with E-state index in [0.29, 0.717) is 22.4 Å². The molecule has 0 saturated heterocycles. The number of carbonyl (C=O) groups excluding carboxylic acids is 2. The van der Waals surface area contributed by atoms with Crippen LogP contribution in [0.4, 0.5) is 5.69 Å². The van der Waals surface area contributed by atoms with E-state index in [1.165, 1.54) is 18.4 Å². The summed E-state index contributed by atoms with van der Waals surface area (Å²) in [7, 11) is 1.34. The molecule has 0 aliphatic rings. The molecule has 0 fully saturated rings. The minimum Gasteiger partial charge on any atom is -0.465 e. The van der Waals surface area contributed by atoms with Gasteiger partial charge < -0.3 is 10.1 Å². The summed E-state index contributed by atoms with van der Waals surface area (Å²) in [6, 6.07) is 16.0. The fourth-order valence-electron chi connectivity index (χ4n) is 2.26. The molecule has 26 heavy (non-hydrogen) atoms. The largest absolute Gasteiger partial charge is 0.465 e. The first-order chi connectivity index (χ1) is 12.7. The number of esters is 1. The number of nitrogens with one attached hydrogen (secondary N) is 1. The fraction of sp³-hybridized carbons (Fsp3) is 0.0476. The highest BCUT2D eigenvalue weighted by molar-refractivity contribution is 7.08. The lowest BCUT2D eigenvalue weighted by Crippen LogP contribution is -2.10. The predicted molar refractivity (Wildman–Crippen MR) is 102 cm³/mol. The standard InChI is InChI=1S/C21H15NO3S/c1-25-21(24)17-6-2-4-15(12-17)8-9-16-5-3-7-19(13-16)22-20(23)18-10-11-26-14-18/h2-7,10-14H,1H3,(H,22,23). The quantitative estimate of drug-likeness (QED) is 0.562. The van der Waals surface area contributed by atoms with Crippen molar-refractivity contribution in [2.45, 2.75) is 0 Å². The van der Waals surface area contributed by atoms with E-state index in [9.17, 15) is 9.59 Å². The van der Waals surface area contributed by atoms with Crippen molar-refractivity contribution in [1.82, 2.24) is 0 Å². The van der Waals surface area contributed by atoms with Crippen LogP contribution >= 0.6 is 11.3 Å². The molecule has 3 rings (SSSR count). The van der Waals surface area contributed by atoms with Gasteiger partial charge in [0.15, 0.2) is 0 Å². The van der Waals surface area contributed by atoms with Crippen LogP contribution in [0, 0.1) is 11.8 Å². The van der Waals surface area contributed by atoms with Crippen LogP contribution in [-0.4, -0.2) is 19.0 Å². The Hall–Kier alpha value is -3.36. The third-order valence-corrected chi connectivity index (χ3v) is 4.22. The van der Waals surface area contributed by atoms with Gasteiger partial charge >= 0.3 is 5.97 Å². The Morgan fingerprint density at radius 2 is 1.69 bits per heavy atom. The Bertz CT molecular complexity index is 997. The van der Waals surface area contributed by atoms with Crippen LogP contribution in [0.2, 0.25) is 0 Å². The monoisotopic (exact) mass is 361 g/mol. The first-order valence-corrected chi connectivity index (χ1v) is 8.74. The second-order valence-corrected chi connectivity index (χ2v) is 6.15. The lowest BCUT2D eigenvalue weighted by Gasteiger charge is -2.04. The average Bonchev–Trinajstić information content (AvgIpc) is 3.21. The van der Waals surface area contributed by atoms with Crippen molar-refractivity contribution in [1.29, 1.82) is 0 Å². The maximum absolute atomic E-state index is 12.1. The number of hydrogen-bond acceptors (Lipinski definition) is 4. The number of ether oxygens (including phenoxy) is 1. The topological polar surface area (TPSA) is 55.4 Å². The molecule has 4 nitrogen and oxygen atoms in total. The summed E-state index contributed by atoms with van der Waals surface area (Å²) in [6.45, 7) is 0. The van der Waals surface area contributed by atoms with E-state index in [0.717, 1.165) is 5.56 Å². The van der Waals surface area contributed by atoms with Crippen molar-refractivity contribution in [3.63, 3.8) is 0 Å². The van der Waals surface area contributed by atoms with Crippen LogP contribution < -0.4 is 5.32 Å². The Labute approximate surface area is 155 Å². The van der Waals surface area contributed by atoms with Gasteiger partial charge in [0, 0.05) is 22.2 Å². The summed E-state index contributed by atoms with van der Waals surface area (Å²) in [4.78, 5) is 23.7. The maximum Gasteiger partial charge on any atom is 0.337 e. The summed E-state index contributed by atoms with van der Waals surface area (Å²) in [5.41, 5.74) is 3.23. The molecule has 0 saturated carbocycles. The van der Waals surface area contributed by atoms with E-state index < -0.39 is 5.97 Å². The Morgan fingerprint density at radius 1 is 0.962 bits per heavy atom. The number of methoxy groups -OCH3 is 1. The number of carbonyl (C=O) groups is 2. The lowest BCUT2D eigenvalue weighted by molar-refractivity contribution is 0.0600. The van der Waals surface area contributed by atoms with Crippen LogP contribution in [0.1, 0.15) is 31.8 Å². The minimum absolute atomic E-state index is 0.151. The van der Waals surface area contributed by atoms with Gasteiger partial charge in [0.25, 0.3) is 5.91 Å². The molecule has 0 bridgehead atoms. The first kappa shape index (κ1) is 17.5. The van der Waals surface area contributed by atoms with Crippen LogP contribution in [-0.2, 0) is 4.74 Å². The van der Waals surface area contributed by atoms with E-state index in [4.69, 9.17) is 4.74 Å². The van der Waals surface area contributed by atoms with Gasteiger partial charge in [-0.05, 0) is 47.8 Å². The van der Waals surface area contributed by atoms with Crippen LogP contribution in [0.5, 0.6) is 0 Å². The number of rotatable bonds is 3. The van der Waals surface area contributed by atoms with Crippen molar-refractivity contribution in [3.8, 4) is 11.8 Å². The second-order valence-electron chi connectivity index (χ2n) is 5.37. The minimum atomic E-state index is -0.396. The van der Waals surface area contributed by atoms with E-state index >= 15 is 0 Å². The van der Waals surface area contributed by atoms with Gasteiger partial charge in [0.2, 0.25) is 0 Å². The van der Waals surface area contributed by atoms with Gasteiger partial charge in [0.1, 0.15) is 0 Å². The van der Waals surface area contributed by atoms with Crippen molar-refractivity contribution >= 4 is 28.9 Å². The molecule has 0 spiro atoms. The molecule has 0 aliphatic heterocycles. The Balaban J connectivity index is 1.77. The highest BCUT2D eigenvalue weighted by Gasteiger charge is 2.06. The van der Waals surface area contributed by atoms with E-state index in [1.807, 2.05) is 29.6 Å². The van der Waals surface area contributed by atoms with Crippen LogP contribution in [0.3, 0.4) is 0 Å². The van der Waals surface area contributed by atoms with Gasteiger partial charge in [-0.2, -0.15) is 11.3 Å². The molecule has 0 aliphatic carbocycles. The third kappa shape index (κ3) is 4.38. The first-order valence-electron chi connectivity index (χ1n) is 7.80. The summed E-state index contributed by atoms with van der Waals surface area (Å²) in [5, 5.41) is 6.51. The molecule has 1 heterocycles. The highest BCUT2D eigenvalue weighted by atomic mass is 32.1. The van der Waals surface area contributed by atoms with Crippen molar-refractivity contribution in [2.75, 3.05) is 12.4 Å². The van der Waals surface area contributed by atoms with Crippen molar-refractivity contribution < 1.29 is 14.3 Å². The number of anilines is 1. The van der Waals surface area contributed by atoms with Gasteiger partial charge in [-0.1, -0.05) is 24.0 Å². The van der Waals surface area contributed by atoms with Crippen LogP contribution in [0.25, 0.3) is 0 Å². The summed E-state index contributed by atoms with van der Waals surface area (Å²) < 4.78 is 4.71. The van der Waals surface area contributed by atoms with Gasteiger partial charge in [-0.15, -0.1) is 0 Å². The molecule has 1 N–H and O–H groups in total. The number of thiophene rings is 1. The summed E-state index contributed by atoms with van der Waals surface area (Å²) in [5.74, 6) is 5.51. The average molecular weight is 361 g/mol.